The number of likely N-dealkylation sites (N-methyl/N-ethyl adjacent to an activating group) is 1. The Hall–Kier alpha value is -0.610. The number of methoxy groups -OCH3 is 1. The molecule has 20 heavy (non-hydrogen) atoms. The van der Waals surface area contributed by atoms with Gasteiger partial charge in [-0.05, 0) is 38.6 Å². The van der Waals surface area contributed by atoms with Gasteiger partial charge in [-0.1, -0.05) is 36.7 Å². The third-order valence-corrected chi connectivity index (χ3v) is 4.05. The summed E-state index contributed by atoms with van der Waals surface area (Å²) in [7, 11) is 3.88. The minimum atomic E-state index is 0.257. The zero-order chi connectivity index (χ0) is 15.0. The molecule has 0 saturated carbocycles. The number of rotatable bonds is 9. The first-order valence-corrected chi connectivity index (χ1v) is 7.65. The SMILES string of the molecule is CCCNCC(COC)N(C)C(C)c1ccccc1Cl. The predicted octanol–water partition coefficient (Wildman–Crippen LogP) is 3.35. The third kappa shape index (κ3) is 5.06. The Kier molecular flexibility index (Phi) is 8.15. The van der Waals surface area contributed by atoms with Crippen LogP contribution in [0.1, 0.15) is 31.9 Å². The highest BCUT2D eigenvalue weighted by Gasteiger charge is 2.22. The summed E-state index contributed by atoms with van der Waals surface area (Å²) < 4.78 is 5.36. The number of ether oxygens (including phenoxy) is 1. The second-order valence-electron chi connectivity index (χ2n) is 5.18. The quantitative estimate of drug-likeness (QED) is 0.708. The molecule has 0 fully saturated rings. The average Bonchev–Trinajstić information content (AvgIpc) is 2.45. The van der Waals surface area contributed by atoms with Gasteiger partial charge in [0.15, 0.2) is 0 Å². The lowest BCUT2D eigenvalue weighted by Crippen LogP contribution is -2.44. The van der Waals surface area contributed by atoms with Gasteiger partial charge in [0.25, 0.3) is 0 Å². The maximum Gasteiger partial charge on any atom is 0.0630 e. The molecule has 0 aromatic heterocycles. The highest BCUT2D eigenvalue weighted by Crippen LogP contribution is 2.27. The summed E-state index contributed by atoms with van der Waals surface area (Å²) in [6.45, 7) is 7.03. The van der Waals surface area contributed by atoms with Crippen LogP contribution < -0.4 is 5.32 Å². The molecule has 1 aromatic carbocycles. The van der Waals surface area contributed by atoms with Gasteiger partial charge in [0.2, 0.25) is 0 Å². The van der Waals surface area contributed by atoms with E-state index in [-0.39, 0.29) is 6.04 Å². The fraction of sp³-hybridized carbons (Fsp3) is 0.625. The molecule has 0 amide bonds. The van der Waals surface area contributed by atoms with E-state index in [1.54, 1.807) is 7.11 Å². The predicted molar refractivity (Wildman–Crippen MR) is 86.5 cm³/mol. The van der Waals surface area contributed by atoms with Gasteiger partial charge >= 0.3 is 0 Å². The maximum atomic E-state index is 6.30. The van der Waals surface area contributed by atoms with Crippen molar-refractivity contribution in [3.05, 3.63) is 34.9 Å². The van der Waals surface area contributed by atoms with E-state index in [9.17, 15) is 0 Å². The minimum Gasteiger partial charge on any atom is -0.383 e. The van der Waals surface area contributed by atoms with Crippen molar-refractivity contribution < 1.29 is 4.74 Å². The molecule has 0 saturated heterocycles. The van der Waals surface area contributed by atoms with Gasteiger partial charge in [-0.15, -0.1) is 0 Å². The molecule has 1 rings (SSSR count). The van der Waals surface area contributed by atoms with Crippen molar-refractivity contribution in [3.63, 3.8) is 0 Å². The Balaban J connectivity index is 2.72. The summed E-state index contributed by atoms with van der Waals surface area (Å²) in [5, 5.41) is 4.29. The second kappa shape index (κ2) is 9.35. The molecule has 2 atom stereocenters. The van der Waals surface area contributed by atoms with Crippen molar-refractivity contribution in [2.45, 2.75) is 32.4 Å². The lowest BCUT2D eigenvalue weighted by molar-refractivity contribution is 0.0838. The van der Waals surface area contributed by atoms with Crippen molar-refractivity contribution >= 4 is 11.6 Å². The Bertz CT molecular complexity index is 386. The number of nitrogens with zero attached hydrogens (tertiary/aromatic N) is 1. The Morgan fingerprint density at radius 3 is 2.65 bits per heavy atom. The van der Waals surface area contributed by atoms with Crippen LogP contribution in [-0.2, 0) is 4.74 Å². The maximum absolute atomic E-state index is 6.30. The van der Waals surface area contributed by atoms with Crippen LogP contribution >= 0.6 is 11.6 Å². The highest BCUT2D eigenvalue weighted by molar-refractivity contribution is 6.31. The van der Waals surface area contributed by atoms with E-state index in [1.165, 1.54) is 0 Å². The molecule has 1 N–H and O–H groups in total. The summed E-state index contributed by atoms with van der Waals surface area (Å²) in [6.07, 6.45) is 1.14. The zero-order valence-electron chi connectivity index (χ0n) is 13.0. The highest BCUT2D eigenvalue weighted by atomic mass is 35.5. The topological polar surface area (TPSA) is 24.5 Å². The fourth-order valence-corrected chi connectivity index (χ4v) is 2.60. The first-order valence-electron chi connectivity index (χ1n) is 7.27. The van der Waals surface area contributed by atoms with E-state index in [0.29, 0.717) is 12.6 Å². The van der Waals surface area contributed by atoms with E-state index in [2.05, 4.69) is 37.2 Å². The van der Waals surface area contributed by atoms with Gasteiger partial charge in [0.1, 0.15) is 0 Å². The van der Waals surface area contributed by atoms with Crippen LogP contribution in [-0.4, -0.2) is 44.8 Å². The normalized spacial score (nSPS) is 14.5. The van der Waals surface area contributed by atoms with E-state index < -0.39 is 0 Å². The van der Waals surface area contributed by atoms with Crippen LogP contribution in [0.3, 0.4) is 0 Å². The van der Waals surface area contributed by atoms with Crippen molar-refractivity contribution in [1.29, 1.82) is 0 Å². The lowest BCUT2D eigenvalue weighted by atomic mass is 10.1. The van der Waals surface area contributed by atoms with Crippen LogP contribution in [0, 0.1) is 0 Å². The zero-order valence-corrected chi connectivity index (χ0v) is 13.8. The molecule has 0 spiro atoms. The second-order valence-corrected chi connectivity index (χ2v) is 5.58. The molecule has 4 heteroatoms. The molecule has 0 radical (unpaired) electrons. The van der Waals surface area contributed by atoms with Gasteiger partial charge in [0.05, 0.1) is 6.61 Å². The number of nitrogens with one attached hydrogen (secondary N) is 1. The van der Waals surface area contributed by atoms with Gasteiger partial charge in [-0.25, -0.2) is 0 Å². The minimum absolute atomic E-state index is 0.257. The van der Waals surface area contributed by atoms with E-state index >= 15 is 0 Å². The van der Waals surface area contributed by atoms with E-state index in [4.69, 9.17) is 16.3 Å². The molecule has 0 bridgehead atoms. The molecule has 0 heterocycles. The van der Waals surface area contributed by atoms with Crippen LogP contribution in [0.15, 0.2) is 24.3 Å². The number of hydrogen-bond donors (Lipinski definition) is 1. The third-order valence-electron chi connectivity index (χ3n) is 3.71. The van der Waals surface area contributed by atoms with Gasteiger partial charge in [-0.3, -0.25) is 4.90 Å². The Morgan fingerprint density at radius 2 is 2.05 bits per heavy atom. The molecule has 0 aliphatic rings. The Labute approximate surface area is 128 Å². The van der Waals surface area contributed by atoms with Crippen molar-refractivity contribution in [2.75, 3.05) is 33.9 Å². The first kappa shape index (κ1) is 17.4. The molecular formula is C16H27ClN2O. The molecular weight excluding hydrogens is 272 g/mol. The number of halogens is 1. The molecule has 2 unspecified atom stereocenters. The molecule has 0 aliphatic carbocycles. The fourth-order valence-electron chi connectivity index (χ4n) is 2.31. The number of benzene rings is 1. The van der Waals surface area contributed by atoms with Gasteiger partial charge < -0.3 is 10.1 Å². The summed E-state index contributed by atoms with van der Waals surface area (Å²) in [4.78, 5) is 2.33. The van der Waals surface area contributed by atoms with Gasteiger partial charge in [-0.2, -0.15) is 0 Å². The molecule has 114 valence electrons. The van der Waals surface area contributed by atoms with Crippen LogP contribution in [0.4, 0.5) is 0 Å². The summed E-state index contributed by atoms with van der Waals surface area (Å²) in [5.74, 6) is 0. The van der Waals surface area contributed by atoms with Crippen LogP contribution in [0.25, 0.3) is 0 Å². The van der Waals surface area contributed by atoms with E-state index in [1.807, 2.05) is 18.2 Å². The van der Waals surface area contributed by atoms with Crippen molar-refractivity contribution in [2.24, 2.45) is 0 Å². The smallest absolute Gasteiger partial charge is 0.0630 e. The molecule has 1 aromatic rings. The number of hydrogen-bond acceptors (Lipinski definition) is 3. The summed E-state index contributed by atoms with van der Waals surface area (Å²) >= 11 is 6.30. The van der Waals surface area contributed by atoms with Crippen molar-refractivity contribution in [3.8, 4) is 0 Å². The van der Waals surface area contributed by atoms with Crippen LogP contribution in [0.2, 0.25) is 5.02 Å². The van der Waals surface area contributed by atoms with E-state index in [0.717, 1.165) is 30.1 Å². The molecule has 3 nitrogen and oxygen atoms in total. The summed E-state index contributed by atoms with van der Waals surface area (Å²) in [6, 6.07) is 8.62. The monoisotopic (exact) mass is 298 g/mol. The average molecular weight is 299 g/mol. The van der Waals surface area contributed by atoms with Crippen molar-refractivity contribution in [1.82, 2.24) is 10.2 Å². The van der Waals surface area contributed by atoms with Crippen LogP contribution in [0.5, 0.6) is 0 Å². The molecule has 0 aliphatic heterocycles. The Morgan fingerprint density at radius 1 is 1.35 bits per heavy atom. The lowest BCUT2D eigenvalue weighted by Gasteiger charge is -2.33. The van der Waals surface area contributed by atoms with Gasteiger partial charge in [0, 0.05) is 30.8 Å². The standard InChI is InChI=1S/C16H27ClN2O/c1-5-10-18-11-14(12-20-4)19(3)13(2)15-8-6-7-9-16(15)17/h6-9,13-14,18H,5,10-12H2,1-4H3. The first-order chi connectivity index (χ1) is 9.61. The summed E-state index contributed by atoms with van der Waals surface area (Å²) in [5.41, 5.74) is 1.16. The largest absolute Gasteiger partial charge is 0.383 e.